The largest absolute Gasteiger partial charge is 0.468 e. The quantitative estimate of drug-likeness (QED) is 0.871. The number of furan rings is 1. The maximum Gasteiger partial charge on any atom is 0.122 e. The van der Waals surface area contributed by atoms with Gasteiger partial charge in [0.1, 0.15) is 5.76 Å². The third-order valence-corrected chi connectivity index (χ3v) is 4.10. The standard InChI is InChI=1S/C15H26N2O/c1-3-17(13-8-5-4-6-9-13)15(12(2)16)14-10-7-11-18-14/h7,10-13,15H,3-6,8-9,16H2,1-2H3. The van der Waals surface area contributed by atoms with E-state index in [0.29, 0.717) is 6.04 Å². The summed E-state index contributed by atoms with van der Waals surface area (Å²) in [6.07, 6.45) is 8.45. The summed E-state index contributed by atoms with van der Waals surface area (Å²) in [7, 11) is 0. The van der Waals surface area contributed by atoms with E-state index in [4.69, 9.17) is 10.2 Å². The molecule has 0 spiro atoms. The molecule has 0 radical (unpaired) electrons. The van der Waals surface area contributed by atoms with Crippen LogP contribution >= 0.6 is 0 Å². The Kier molecular flexibility index (Phi) is 4.84. The normalized spacial score (nSPS) is 21.1. The summed E-state index contributed by atoms with van der Waals surface area (Å²) < 4.78 is 5.61. The van der Waals surface area contributed by atoms with Crippen LogP contribution in [0.5, 0.6) is 0 Å². The summed E-state index contributed by atoms with van der Waals surface area (Å²) in [5, 5.41) is 0. The number of rotatable bonds is 5. The number of nitrogens with zero attached hydrogens (tertiary/aromatic N) is 1. The van der Waals surface area contributed by atoms with Gasteiger partial charge in [0.25, 0.3) is 0 Å². The molecular formula is C15H26N2O. The SMILES string of the molecule is CCN(C1CCCCC1)C(c1ccco1)C(C)N. The highest BCUT2D eigenvalue weighted by Crippen LogP contribution is 2.31. The van der Waals surface area contributed by atoms with E-state index < -0.39 is 0 Å². The van der Waals surface area contributed by atoms with Gasteiger partial charge in [-0.15, -0.1) is 0 Å². The second-order valence-corrected chi connectivity index (χ2v) is 5.44. The molecule has 0 aromatic carbocycles. The van der Waals surface area contributed by atoms with E-state index in [1.54, 1.807) is 6.26 Å². The molecule has 2 atom stereocenters. The molecule has 1 saturated carbocycles. The molecule has 2 rings (SSSR count). The Balaban J connectivity index is 2.16. The number of likely N-dealkylation sites (N-methyl/N-ethyl adjacent to an activating group) is 1. The molecule has 0 saturated heterocycles. The van der Waals surface area contributed by atoms with Crippen molar-refractivity contribution in [2.24, 2.45) is 5.73 Å². The number of hydrogen-bond donors (Lipinski definition) is 1. The van der Waals surface area contributed by atoms with Gasteiger partial charge in [0.05, 0.1) is 12.3 Å². The first-order valence-electron chi connectivity index (χ1n) is 7.28. The van der Waals surface area contributed by atoms with E-state index in [2.05, 4.69) is 24.8 Å². The Morgan fingerprint density at radius 2 is 2.11 bits per heavy atom. The zero-order valence-electron chi connectivity index (χ0n) is 11.6. The molecule has 2 unspecified atom stereocenters. The van der Waals surface area contributed by atoms with Gasteiger partial charge in [-0.1, -0.05) is 26.2 Å². The van der Waals surface area contributed by atoms with Crippen LogP contribution in [0.1, 0.15) is 57.8 Å². The predicted molar refractivity (Wildman–Crippen MR) is 74.4 cm³/mol. The molecular weight excluding hydrogens is 224 g/mol. The van der Waals surface area contributed by atoms with Crippen LogP contribution in [0, 0.1) is 0 Å². The zero-order valence-corrected chi connectivity index (χ0v) is 11.6. The van der Waals surface area contributed by atoms with Crippen molar-refractivity contribution in [3.05, 3.63) is 24.2 Å². The van der Waals surface area contributed by atoms with E-state index in [0.717, 1.165) is 12.3 Å². The third-order valence-electron chi connectivity index (χ3n) is 4.10. The van der Waals surface area contributed by atoms with Crippen LogP contribution in [0.3, 0.4) is 0 Å². The summed E-state index contributed by atoms with van der Waals surface area (Å²) in [5.41, 5.74) is 6.21. The fourth-order valence-corrected chi connectivity index (χ4v) is 3.28. The summed E-state index contributed by atoms with van der Waals surface area (Å²) in [4.78, 5) is 2.54. The van der Waals surface area contributed by atoms with Crippen LogP contribution in [0.15, 0.2) is 22.8 Å². The maximum atomic E-state index is 6.21. The van der Waals surface area contributed by atoms with Crippen molar-refractivity contribution in [2.75, 3.05) is 6.54 Å². The highest BCUT2D eigenvalue weighted by atomic mass is 16.3. The van der Waals surface area contributed by atoms with E-state index in [1.807, 2.05) is 6.07 Å². The Morgan fingerprint density at radius 1 is 1.39 bits per heavy atom. The molecule has 1 aromatic rings. The van der Waals surface area contributed by atoms with Gasteiger partial charge in [-0.05, 0) is 38.4 Å². The minimum absolute atomic E-state index is 0.0954. The summed E-state index contributed by atoms with van der Waals surface area (Å²) in [5.74, 6) is 1.01. The van der Waals surface area contributed by atoms with Crippen molar-refractivity contribution in [3.8, 4) is 0 Å². The number of hydrogen-bond acceptors (Lipinski definition) is 3. The van der Waals surface area contributed by atoms with Gasteiger partial charge in [0.2, 0.25) is 0 Å². The molecule has 3 heteroatoms. The van der Waals surface area contributed by atoms with Crippen molar-refractivity contribution >= 4 is 0 Å². The van der Waals surface area contributed by atoms with Crippen LogP contribution in [0.25, 0.3) is 0 Å². The van der Waals surface area contributed by atoms with Crippen LogP contribution in [-0.4, -0.2) is 23.5 Å². The van der Waals surface area contributed by atoms with Gasteiger partial charge in [-0.3, -0.25) is 4.90 Å². The third kappa shape index (κ3) is 2.96. The van der Waals surface area contributed by atoms with Crippen molar-refractivity contribution in [1.29, 1.82) is 0 Å². The Bertz CT molecular complexity index is 328. The lowest BCUT2D eigenvalue weighted by Gasteiger charge is -2.40. The molecule has 102 valence electrons. The fourth-order valence-electron chi connectivity index (χ4n) is 3.28. The lowest BCUT2D eigenvalue weighted by Crippen LogP contribution is -2.45. The van der Waals surface area contributed by atoms with Gasteiger partial charge >= 0.3 is 0 Å². The highest BCUT2D eigenvalue weighted by Gasteiger charge is 2.31. The molecule has 0 bridgehead atoms. The molecule has 1 heterocycles. The summed E-state index contributed by atoms with van der Waals surface area (Å²) in [6, 6.07) is 5.00. The van der Waals surface area contributed by atoms with E-state index in [-0.39, 0.29) is 12.1 Å². The first kappa shape index (κ1) is 13.6. The lowest BCUT2D eigenvalue weighted by atomic mass is 9.91. The zero-order chi connectivity index (χ0) is 13.0. The predicted octanol–water partition coefficient (Wildman–Crippen LogP) is 3.32. The average molecular weight is 250 g/mol. The van der Waals surface area contributed by atoms with E-state index in [9.17, 15) is 0 Å². The Morgan fingerprint density at radius 3 is 2.61 bits per heavy atom. The van der Waals surface area contributed by atoms with Crippen molar-refractivity contribution in [3.63, 3.8) is 0 Å². The maximum absolute atomic E-state index is 6.21. The van der Waals surface area contributed by atoms with Crippen molar-refractivity contribution < 1.29 is 4.42 Å². The molecule has 1 aromatic heterocycles. The molecule has 0 aliphatic heterocycles. The van der Waals surface area contributed by atoms with Crippen LogP contribution in [-0.2, 0) is 0 Å². The smallest absolute Gasteiger partial charge is 0.122 e. The van der Waals surface area contributed by atoms with E-state index in [1.165, 1.54) is 32.1 Å². The van der Waals surface area contributed by atoms with Gasteiger partial charge < -0.3 is 10.2 Å². The number of nitrogens with two attached hydrogens (primary N) is 1. The average Bonchev–Trinajstić information content (AvgIpc) is 2.89. The van der Waals surface area contributed by atoms with Crippen LogP contribution in [0.2, 0.25) is 0 Å². The molecule has 2 N–H and O–H groups in total. The minimum atomic E-state index is 0.0954. The molecule has 3 nitrogen and oxygen atoms in total. The Hall–Kier alpha value is -0.800. The molecule has 18 heavy (non-hydrogen) atoms. The second-order valence-electron chi connectivity index (χ2n) is 5.44. The van der Waals surface area contributed by atoms with Gasteiger partial charge in [-0.25, -0.2) is 0 Å². The fraction of sp³-hybridized carbons (Fsp3) is 0.733. The van der Waals surface area contributed by atoms with Gasteiger partial charge in [0.15, 0.2) is 0 Å². The molecule has 1 fully saturated rings. The topological polar surface area (TPSA) is 42.4 Å². The van der Waals surface area contributed by atoms with Crippen molar-refractivity contribution in [2.45, 2.75) is 64.1 Å². The van der Waals surface area contributed by atoms with E-state index >= 15 is 0 Å². The first-order valence-corrected chi connectivity index (χ1v) is 7.28. The Labute approximate surface area is 110 Å². The molecule has 1 aliphatic rings. The molecule has 0 amide bonds. The monoisotopic (exact) mass is 250 g/mol. The summed E-state index contributed by atoms with van der Waals surface area (Å²) in [6.45, 7) is 5.35. The van der Waals surface area contributed by atoms with Crippen LogP contribution in [0.4, 0.5) is 0 Å². The minimum Gasteiger partial charge on any atom is -0.468 e. The van der Waals surface area contributed by atoms with Crippen molar-refractivity contribution in [1.82, 2.24) is 4.90 Å². The van der Waals surface area contributed by atoms with Gasteiger partial charge in [-0.2, -0.15) is 0 Å². The first-order chi connectivity index (χ1) is 8.74. The van der Waals surface area contributed by atoms with Crippen LogP contribution < -0.4 is 5.73 Å². The lowest BCUT2D eigenvalue weighted by molar-refractivity contribution is 0.0845. The highest BCUT2D eigenvalue weighted by molar-refractivity contribution is 5.08. The molecule has 1 aliphatic carbocycles. The second kappa shape index (κ2) is 6.39. The summed E-state index contributed by atoms with van der Waals surface area (Å²) >= 11 is 0. The van der Waals surface area contributed by atoms with Gasteiger partial charge in [0, 0.05) is 12.1 Å².